The first-order valence-electron chi connectivity index (χ1n) is 10.2. The predicted molar refractivity (Wildman–Crippen MR) is 104 cm³/mol. The first-order chi connectivity index (χ1) is 13.0. The molecule has 0 aromatic rings. The fourth-order valence-electron chi connectivity index (χ4n) is 2.58. The second-order valence-corrected chi connectivity index (χ2v) is 6.73. The Morgan fingerprint density at radius 1 is 0.741 bits per heavy atom. The van der Waals surface area contributed by atoms with E-state index < -0.39 is 5.97 Å². The molecule has 0 amide bonds. The van der Waals surface area contributed by atoms with Crippen molar-refractivity contribution >= 4 is 17.9 Å². The van der Waals surface area contributed by atoms with Crippen LogP contribution >= 0.6 is 0 Å². The van der Waals surface area contributed by atoms with Gasteiger partial charge < -0.3 is 14.6 Å². The minimum Gasteiger partial charge on any atom is -0.480 e. The largest absolute Gasteiger partial charge is 0.480 e. The maximum atomic E-state index is 11.6. The number of hydrogen-bond donors (Lipinski definition) is 1. The zero-order valence-electron chi connectivity index (χ0n) is 17.0. The molecule has 0 aromatic heterocycles. The van der Waals surface area contributed by atoms with Crippen molar-refractivity contribution in [2.24, 2.45) is 0 Å². The standard InChI is InChI=1S/C20H37NO6/c1-3-5-7-15-26-19(24)11-9-13-21(17-18(22)23)14-10-12-20(25)27-16-8-6-4-2/h3-17H2,1-2H3,(H,22,23). The van der Waals surface area contributed by atoms with Crippen molar-refractivity contribution in [3.05, 3.63) is 0 Å². The van der Waals surface area contributed by atoms with Crippen molar-refractivity contribution in [3.8, 4) is 0 Å². The van der Waals surface area contributed by atoms with Gasteiger partial charge in [-0.2, -0.15) is 0 Å². The van der Waals surface area contributed by atoms with E-state index >= 15 is 0 Å². The summed E-state index contributed by atoms with van der Waals surface area (Å²) < 4.78 is 10.3. The Labute approximate surface area is 163 Å². The fraction of sp³-hybridized carbons (Fsp3) is 0.850. The Morgan fingerprint density at radius 3 is 1.56 bits per heavy atom. The minimum absolute atomic E-state index is 0.100. The van der Waals surface area contributed by atoms with Crippen LogP contribution in [0.25, 0.3) is 0 Å². The van der Waals surface area contributed by atoms with Crippen LogP contribution in [0.4, 0.5) is 0 Å². The summed E-state index contributed by atoms with van der Waals surface area (Å²) >= 11 is 0. The van der Waals surface area contributed by atoms with Crippen molar-refractivity contribution in [1.82, 2.24) is 4.90 Å². The van der Waals surface area contributed by atoms with E-state index in [-0.39, 0.29) is 31.3 Å². The Kier molecular flexibility index (Phi) is 16.7. The third-order valence-corrected chi connectivity index (χ3v) is 4.09. The summed E-state index contributed by atoms with van der Waals surface area (Å²) in [5.74, 6) is -1.40. The number of carbonyl (C=O) groups is 3. The highest BCUT2D eigenvalue weighted by atomic mass is 16.5. The maximum Gasteiger partial charge on any atom is 0.317 e. The number of ether oxygens (including phenoxy) is 2. The lowest BCUT2D eigenvalue weighted by Crippen LogP contribution is -2.32. The van der Waals surface area contributed by atoms with Crippen LogP contribution in [0.3, 0.4) is 0 Å². The van der Waals surface area contributed by atoms with E-state index in [0.29, 0.717) is 39.1 Å². The van der Waals surface area contributed by atoms with Gasteiger partial charge in [-0.15, -0.1) is 0 Å². The quantitative estimate of drug-likeness (QED) is 0.284. The van der Waals surface area contributed by atoms with E-state index in [4.69, 9.17) is 14.6 Å². The molecular formula is C20H37NO6. The van der Waals surface area contributed by atoms with Crippen LogP contribution in [0.2, 0.25) is 0 Å². The summed E-state index contributed by atoms with van der Waals surface area (Å²) in [5, 5.41) is 9.01. The average Bonchev–Trinajstić information content (AvgIpc) is 2.62. The molecule has 0 aliphatic carbocycles. The molecule has 7 nitrogen and oxygen atoms in total. The average molecular weight is 388 g/mol. The number of carboxylic acids is 1. The first kappa shape index (κ1) is 25.4. The van der Waals surface area contributed by atoms with Gasteiger partial charge >= 0.3 is 17.9 Å². The zero-order valence-corrected chi connectivity index (χ0v) is 17.0. The lowest BCUT2D eigenvalue weighted by molar-refractivity contribution is -0.144. The first-order valence-corrected chi connectivity index (χ1v) is 10.2. The van der Waals surface area contributed by atoms with Crippen LogP contribution in [0, 0.1) is 0 Å². The number of rotatable bonds is 18. The van der Waals surface area contributed by atoms with Crippen molar-refractivity contribution in [2.45, 2.75) is 78.1 Å². The fourth-order valence-corrected chi connectivity index (χ4v) is 2.58. The molecule has 0 aliphatic heterocycles. The number of hydrogen-bond acceptors (Lipinski definition) is 6. The maximum absolute atomic E-state index is 11.6. The molecule has 1 N–H and O–H groups in total. The molecule has 0 radical (unpaired) electrons. The predicted octanol–water partition coefficient (Wildman–Crippen LogP) is 3.40. The van der Waals surface area contributed by atoms with E-state index in [9.17, 15) is 14.4 Å². The second-order valence-electron chi connectivity index (χ2n) is 6.73. The topological polar surface area (TPSA) is 93.1 Å². The van der Waals surface area contributed by atoms with E-state index in [0.717, 1.165) is 38.5 Å². The van der Waals surface area contributed by atoms with Crippen molar-refractivity contribution in [1.29, 1.82) is 0 Å². The van der Waals surface area contributed by atoms with Gasteiger partial charge in [-0.1, -0.05) is 39.5 Å². The van der Waals surface area contributed by atoms with E-state index in [1.807, 2.05) is 0 Å². The monoisotopic (exact) mass is 387 g/mol. The Balaban J connectivity index is 3.95. The van der Waals surface area contributed by atoms with E-state index in [1.54, 1.807) is 4.90 Å². The molecule has 0 rings (SSSR count). The van der Waals surface area contributed by atoms with Crippen LogP contribution < -0.4 is 0 Å². The van der Waals surface area contributed by atoms with Gasteiger partial charge in [0.25, 0.3) is 0 Å². The Bertz CT molecular complexity index is 383. The van der Waals surface area contributed by atoms with E-state index in [2.05, 4.69) is 13.8 Å². The summed E-state index contributed by atoms with van der Waals surface area (Å²) in [6.45, 7) is 5.95. The SMILES string of the molecule is CCCCCOC(=O)CCCN(CCCC(=O)OCCCCC)CC(=O)O. The normalized spacial score (nSPS) is 10.8. The highest BCUT2D eigenvalue weighted by molar-refractivity contribution is 5.70. The molecule has 0 spiro atoms. The second kappa shape index (κ2) is 17.8. The number of carbonyl (C=O) groups excluding carboxylic acids is 2. The molecule has 7 heteroatoms. The molecule has 0 saturated carbocycles. The molecule has 0 saturated heterocycles. The molecule has 0 aliphatic rings. The number of nitrogens with zero attached hydrogens (tertiary/aromatic N) is 1. The summed E-state index contributed by atoms with van der Waals surface area (Å²) in [7, 11) is 0. The van der Waals surface area contributed by atoms with Gasteiger partial charge in [0.2, 0.25) is 0 Å². The van der Waals surface area contributed by atoms with E-state index in [1.165, 1.54) is 0 Å². The molecule has 0 unspecified atom stereocenters. The molecule has 0 atom stereocenters. The molecule has 27 heavy (non-hydrogen) atoms. The third kappa shape index (κ3) is 17.5. The smallest absolute Gasteiger partial charge is 0.317 e. The number of carboxylic acid groups (broad SMARTS) is 1. The molecule has 0 fully saturated rings. The van der Waals surface area contributed by atoms with Gasteiger partial charge in [0, 0.05) is 12.8 Å². The molecule has 158 valence electrons. The third-order valence-electron chi connectivity index (χ3n) is 4.09. The number of aliphatic carboxylic acids is 1. The van der Waals surface area contributed by atoms with Crippen molar-refractivity contribution < 1.29 is 29.0 Å². The molecule has 0 bridgehead atoms. The molecule has 0 heterocycles. The van der Waals surface area contributed by atoms with Gasteiger partial charge in [0.05, 0.1) is 19.8 Å². The summed E-state index contributed by atoms with van der Waals surface area (Å²) in [6, 6.07) is 0. The summed E-state index contributed by atoms with van der Waals surface area (Å²) in [5.41, 5.74) is 0. The number of esters is 2. The van der Waals surface area contributed by atoms with Crippen molar-refractivity contribution in [2.75, 3.05) is 32.8 Å². The van der Waals surface area contributed by atoms with Gasteiger partial charge in [-0.05, 0) is 38.8 Å². The Hall–Kier alpha value is -1.63. The van der Waals surface area contributed by atoms with Crippen LogP contribution in [0.15, 0.2) is 0 Å². The summed E-state index contributed by atoms with van der Waals surface area (Å²) in [6.07, 6.45) is 7.64. The zero-order chi connectivity index (χ0) is 20.3. The Morgan fingerprint density at radius 2 is 1.19 bits per heavy atom. The lowest BCUT2D eigenvalue weighted by Gasteiger charge is -2.19. The van der Waals surface area contributed by atoms with Crippen LogP contribution in [-0.4, -0.2) is 60.8 Å². The lowest BCUT2D eigenvalue weighted by atomic mass is 10.2. The molecule has 0 aromatic carbocycles. The number of unbranched alkanes of at least 4 members (excludes halogenated alkanes) is 4. The van der Waals surface area contributed by atoms with Gasteiger partial charge in [-0.3, -0.25) is 19.3 Å². The van der Waals surface area contributed by atoms with Crippen LogP contribution in [-0.2, 0) is 23.9 Å². The van der Waals surface area contributed by atoms with Crippen LogP contribution in [0.1, 0.15) is 78.1 Å². The molecular weight excluding hydrogens is 350 g/mol. The van der Waals surface area contributed by atoms with Crippen LogP contribution in [0.5, 0.6) is 0 Å². The highest BCUT2D eigenvalue weighted by Crippen LogP contribution is 2.04. The summed E-state index contributed by atoms with van der Waals surface area (Å²) in [4.78, 5) is 36.0. The van der Waals surface area contributed by atoms with Gasteiger partial charge in [-0.25, -0.2) is 0 Å². The minimum atomic E-state index is -0.917. The van der Waals surface area contributed by atoms with Crippen molar-refractivity contribution in [3.63, 3.8) is 0 Å². The van der Waals surface area contributed by atoms with Gasteiger partial charge in [0.15, 0.2) is 0 Å². The highest BCUT2D eigenvalue weighted by Gasteiger charge is 2.12. The van der Waals surface area contributed by atoms with Gasteiger partial charge in [0.1, 0.15) is 0 Å².